The van der Waals surface area contributed by atoms with Crippen molar-refractivity contribution in [2.75, 3.05) is 21.3 Å². The van der Waals surface area contributed by atoms with Gasteiger partial charge in [-0.3, -0.25) is 4.79 Å². The fourth-order valence-electron chi connectivity index (χ4n) is 2.55. The third-order valence-electron chi connectivity index (χ3n) is 3.81. The minimum atomic E-state index is -0.370. The van der Waals surface area contributed by atoms with E-state index < -0.39 is 0 Å². The SMILES string of the molecule is COc1cc(/C=N\NC(=O)c2sc3ccccc3c2Cl)cc(OC)c1OC. The van der Waals surface area contributed by atoms with Crippen LogP contribution in [0.15, 0.2) is 41.5 Å². The molecule has 0 saturated carbocycles. The summed E-state index contributed by atoms with van der Waals surface area (Å²) >= 11 is 7.63. The van der Waals surface area contributed by atoms with Crippen molar-refractivity contribution in [1.82, 2.24) is 5.43 Å². The smallest absolute Gasteiger partial charge is 0.283 e. The molecule has 1 N–H and O–H groups in total. The van der Waals surface area contributed by atoms with Gasteiger partial charge >= 0.3 is 0 Å². The quantitative estimate of drug-likeness (QED) is 0.490. The van der Waals surface area contributed by atoms with Crippen LogP contribution in [0.2, 0.25) is 5.02 Å². The average Bonchev–Trinajstić information content (AvgIpc) is 3.04. The van der Waals surface area contributed by atoms with Gasteiger partial charge in [-0.1, -0.05) is 29.8 Å². The zero-order valence-corrected chi connectivity index (χ0v) is 16.5. The molecule has 1 heterocycles. The van der Waals surface area contributed by atoms with E-state index in [1.165, 1.54) is 38.9 Å². The van der Waals surface area contributed by atoms with Gasteiger partial charge in [0.25, 0.3) is 5.91 Å². The number of benzene rings is 2. The Morgan fingerprint density at radius 1 is 1.11 bits per heavy atom. The number of carbonyl (C=O) groups is 1. The van der Waals surface area contributed by atoms with E-state index in [-0.39, 0.29) is 5.91 Å². The lowest BCUT2D eigenvalue weighted by molar-refractivity contribution is 0.0959. The van der Waals surface area contributed by atoms with Crippen molar-refractivity contribution in [3.8, 4) is 17.2 Å². The van der Waals surface area contributed by atoms with Crippen LogP contribution in [-0.2, 0) is 0 Å². The first-order valence-corrected chi connectivity index (χ1v) is 9.09. The molecule has 0 bridgehead atoms. The maximum atomic E-state index is 12.4. The Kier molecular flexibility index (Phi) is 5.83. The van der Waals surface area contributed by atoms with Crippen LogP contribution in [0.3, 0.4) is 0 Å². The van der Waals surface area contributed by atoms with Crippen molar-refractivity contribution < 1.29 is 19.0 Å². The normalized spacial score (nSPS) is 11.0. The predicted molar refractivity (Wildman–Crippen MR) is 108 cm³/mol. The maximum Gasteiger partial charge on any atom is 0.283 e. The van der Waals surface area contributed by atoms with Crippen LogP contribution in [-0.4, -0.2) is 33.5 Å². The lowest BCUT2D eigenvalue weighted by Crippen LogP contribution is -2.16. The van der Waals surface area contributed by atoms with E-state index >= 15 is 0 Å². The summed E-state index contributed by atoms with van der Waals surface area (Å²) in [5.41, 5.74) is 3.17. The van der Waals surface area contributed by atoms with Crippen LogP contribution >= 0.6 is 22.9 Å². The molecule has 3 aromatic rings. The number of nitrogens with one attached hydrogen (secondary N) is 1. The summed E-state index contributed by atoms with van der Waals surface area (Å²) < 4.78 is 16.8. The minimum Gasteiger partial charge on any atom is -0.493 e. The third-order valence-corrected chi connectivity index (χ3v) is 5.48. The van der Waals surface area contributed by atoms with Gasteiger partial charge in [0.1, 0.15) is 4.88 Å². The molecule has 0 saturated heterocycles. The molecule has 0 aliphatic heterocycles. The van der Waals surface area contributed by atoms with Gasteiger partial charge in [0.2, 0.25) is 5.75 Å². The Labute approximate surface area is 165 Å². The highest BCUT2D eigenvalue weighted by atomic mass is 35.5. The lowest BCUT2D eigenvalue weighted by atomic mass is 10.2. The second kappa shape index (κ2) is 8.28. The van der Waals surface area contributed by atoms with Crippen molar-refractivity contribution in [2.45, 2.75) is 0 Å². The standard InChI is InChI=1S/C19H17ClN2O4S/c1-24-13-8-11(9-14(25-2)17(13)26-3)10-21-22-19(23)18-16(20)12-6-4-5-7-15(12)27-18/h4-10H,1-3H3,(H,22,23)/b21-10-. The number of thiophene rings is 1. The van der Waals surface area contributed by atoms with Gasteiger partial charge in [0.15, 0.2) is 11.5 Å². The molecular formula is C19H17ClN2O4S. The van der Waals surface area contributed by atoms with E-state index in [0.29, 0.717) is 32.7 Å². The number of amides is 1. The van der Waals surface area contributed by atoms with Crippen molar-refractivity contribution in [2.24, 2.45) is 5.10 Å². The number of hydrazone groups is 1. The van der Waals surface area contributed by atoms with Crippen LogP contribution in [0, 0.1) is 0 Å². The topological polar surface area (TPSA) is 69.2 Å². The first kappa shape index (κ1) is 19.0. The molecule has 0 aliphatic carbocycles. The third kappa shape index (κ3) is 3.84. The second-order valence-electron chi connectivity index (χ2n) is 5.40. The Morgan fingerprint density at radius 2 is 1.78 bits per heavy atom. The van der Waals surface area contributed by atoms with Crippen molar-refractivity contribution >= 4 is 45.1 Å². The first-order valence-electron chi connectivity index (χ1n) is 7.89. The van der Waals surface area contributed by atoms with E-state index in [4.69, 9.17) is 25.8 Å². The van der Waals surface area contributed by atoms with Gasteiger partial charge in [0.05, 0.1) is 32.6 Å². The second-order valence-corrected chi connectivity index (χ2v) is 6.83. The van der Waals surface area contributed by atoms with E-state index in [1.807, 2.05) is 24.3 Å². The zero-order valence-electron chi connectivity index (χ0n) is 14.9. The summed E-state index contributed by atoms with van der Waals surface area (Å²) in [4.78, 5) is 12.8. The first-order chi connectivity index (χ1) is 13.1. The number of rotatable bonds is 6. The number of ether oxygens (including phenoxy) is 3. The zero-order chi connectivity index (χ0) is 19.4. The molecule has 0 aliphatic rings. The number of fused-ring (bicyclic) bond motifs is 1. The highest BCUT2D eigenvalue weighted by molar-refractivity contribution is 7.21. The maximum absolute atomic E-state index is 12.4. The number of methoxy groups -OCH3 is 3. The van der Waals surface area contributed by atoms with E-state index in [1.54, 1.807) is 12.1 Å². The van der Waals surface area contributed by atoms with Crippen LogP contribution in [0.5, 0.6) is 17.2 Å². The molecule has 3 rings (SSSR count). The van der Waals surface area contributed by atoms with Crippen molar-refractivity contribution in [3.63, 3.8) is 0 Å². The van der Waals surface area contributed by atoms with E-state index in [2.05, 4.69) is 10.5 Å². The van der Waals surface area contributed by atoms with Gasteiger partial charge in [-0.15, -0.1) is 11.3 Å². The Morgan fingerprint density at radius 3 is 2.37 bits per heavy atom. The molecule has 0 spiro atoms. The number of halogens is 1. The van der Waals surface area contributed by atoms with Gasteiger partial charge < -0.3 is 14.2 Å². The molecule has 2 aromatic carbocycles. The van der Waals surface area contributed by atoms with Crippen LogP contribution < -0.4 is 19.6 Å². The molecule has 140 valence electrons. The van der Waals surface area contributed by atoms with Gasteiger partial charge in [-0.2, -0.15) is 5.10 Å². The highest BCUT2D eigenvalue weighted by Gasteiger charge is 2.16. The molecule has 8 heteroatoms. The minimum absolute atomic E-state index is 0.370. The Balaban J connectivity index is 1.80. The molecular weight excluding hydrogens is 388 g/mol. The summed E-state index contributed by atoms with van der Waals surface area (Å²) in [6.07, 6.45) is 1.49. The molecule has 6 nitrogen and oxygen atoms in total. The summed E-state index contributed by atoms with van der Waals surface area (Å²) in [6, 6.07) is 11.0. The van der Waals surface area contributed by atoms with Crippen LogP contribution in [0.4, 0.5) is 0 Å². The highest BCUT2D eigenvalue weighted by Crippen LogP contribution is 2.38. The molecule has 0 atom stereocenters. The predicted octanol–water partition coefficient (Wildman–Crippen LogP) is 4.34. The van der Waals surface area contributed by atoms with Gasteiger partial charge in [-0.25, -0.2) is 5.43 Å². The molecule has 27 heavy (non-hydrogen) atoms. The Bertz CT molecular complexity index is 991. The largest absolute Gasteiger partial charge is 0.493 e. The molecule has 1 amide bonds. The van der Waals surface area contributed by atoms with Crippen molar-refractivity contribution in [1.29, 1.82) is 0 Å². The summed E-state index contributed by atoms with van der Waals surface area (Å²) in [5, 5.41) is 5.28. The number of nitrogens with zero attached hydrogens (tertiary/aromatic N) is 1. The molecule has 0 unspecified atom stereocenters. The van der Waals surface area contributed by atoms with Crippen molar-refractivity contribution in [3.05, 3.63) is 51.9 Å². The summed E-state index contributed by atoms with van der Waals surface area (Å²) in [6.45, 7) is 0. The van der Waals surface area contributed by atoms with Gasteiger partial charge in [0, 0.05) is 15.6 Å². The molecule has 0 fully saturated rings. The fourth-order valence-corrected chi connectivity index (χ4v) is 3.96. The fraction of sp³-hybridized carbons (Fsp3) is 0.158. The van der Waals surface area contributed by atoms with E-state index in [0.717, 1.165) is 10.1 Å². The number of carbonyl (C=O) groups excluding carboxylic acids is 1. The average molecular weight is 405 g/mol. The molecule has 1 aromatic heterocycles. The lowest BCUT2D eigenvalue weighted by Gasteiger charge is -2.12. The van der Waals surface area contributed by atoms with Crippen LogP contribution in [0.25, 0.3) is 10.1 Å². The van der Waals surface area contributed by atoms with Crippen LogP contribution in [0.1, 0.15) is 15.2 Å². The number of hydrogen-bond acceptors (Lipinski definition) is 6. The number of hydrogen-bond donors (Lipinski definition) is 1. The van der Waals surface area contributed by atoms with Gasteiger partial charge in [-0.05, 0) is 18.2 Å². The summed E-state index contributed by atoms with van der Waals surface area (Å²) in [7, 11) is 4.59. The molecule has 0 radical (unpaired) electrons. The summed E-state index contributed by atoms with van der Waals surface area (Å²) in [5.74, 6) is 1.11. The van der Waals surface area contributed by atoms with E-state index in [9.17, 15) is 4.79 Å². The Hall–Kier alpha value is -2.77. The monoisotopic (exact) mass is 404 g/mol.